The van der Waals surface area contributed by atoms with Crippen LogP contribution in [0.4, 0.5) is 0 Å². The number of aryl methyl sites for hydroxylation is 1. The topological polar surface area (TPSA) is 73.5 Å². The van der Waals surface area contributed by atoms with Gasteiger partial charge in [0.05, 0.1) is 12.2 Å². The lowest BCUT2D eigenvalue weighted by Crippen LogP contribution is -2.31. The summed E-state index contributed by atoms with van der Waals surface area (Å²) in [5.41, 5.74) is 2.85. The number of imidazole rings is 1. The Morgan fingerprint density at radius 1 is 1.10 bits per heavy atom. The van der Waals surface area contributed by atoms with E-state index in [9.17, 15) is 14.7 Å². The second kappa shape index (κ2) is 9.13. The molecule has 6 nitrogen and oxygen atoms in total. The lowest BCUT2D eigenvalue weighted by atomic mass is 10.0. The number of para-hydroxylation sites is 1. The van der Waals surface area contributed by atoms with E-state index in [0.29, 0.717) is 17.2 Å². The van der Waals surface area contributed by atoms with Crippen LogP contribution in [-0.2, 0) is 6.54 Å². The molecule has 0 aliphatic carbocycles. The first-order valence-electron chi connectivity index (χ1n) is 10.1. The average molecular weight is 408 g/mol. The smallest absolute Gasteiger partial charge is 0.333 e. The fourth-order valence-corrected chi connectivity index (χ4v) is 3.46. The van der Waals surface area contributed by atoms with Crippen molar-refractivity contribution in [3.8, 4) is 11.4 Å². The van der Waals surface area contributed by atoms with E-state index in [1.54, 1.807) is 35.0 Å². The maximum absolute atomic E-state index is 12.9. The number of hydrogen-bond acceptors (Lipinski definition) is 4. The van der Waals surface area contributed by atoms with Crippen LogP contribution in [0, 0.1) is 6.92 Å². The quantitative estimate of drug-likeness (QED) is 0.577. The molecule has 0 saturated heterocycles. The van der Waals surface area contributed by atoms with E-state index < -0.39 is 6.10 Å². The van der Waals surface area contributed by atoms with Crippen molar-refractivity contribution in [2.45, 2.75) is 46.3 Å². The summed E-state index contributed by atoms with van der Waals surface area (Å²) in [5, 5.41) is 10.5. The number of carbonyl (C=O) groups is 1. The Balaban J connectivity index is 1.73. The number of Topliss-reactive ketones (excluding diaryl/α,β-unsaturated/α-hetero) is 1. The molecule has 3 aromatic rings. The molecular weight excluding hydrogens is 380 g/mol. The molecule has 0 radical (unpaired) electrons. The van der Waals surface area contributed by atoms with Crippen molar-refractivity contribution < 1.29 is 14.6 Å². The van der Waals surface area contributed by atoms with Gasteiger partial charge in [0.25, 0.3) is 0 Å². The minimum atomic E-state index is -0.835. The summed E-state index contributed by atoms with van der Waals surface area (Å²) >= 11 is 0. The number of rotatable bonds is 8. The number of aliphatic hydroxyl groups excluding tert-OH is 1. The van der Waals surface area contributed by atoms with Crippen LogP contribution in [0.15, 0.2) is 59.5 Å². The van der Waals surface area contributed by atoms with Crippen molar-refractivity contribution in [3.05, 3.63) is 82.0 Å². The minimum absolute atomic E-state index is 0.0228. The van der Waals surface area contributed by atoms with E-state index in [2.05, 4.69) is 13.8 Å². The number of ether oxygens (including phenoxy) is 1. The molecule has 1 heterocycles. The molecule has 0 fully saturated rings. The molecule has 1 N–H and O–H groups in total. The maximum Gasteiger partial charge on any atom is 0.333 e. The van der Waals surface area contributed by atoms with Crippen molar-refractivity contribution in [3.63, 3.8) is 0 Å². The van der Waals surface area contributed by atoms with Crippen molar-refractivity contribution in [1.29, 1.82) is 0 Å². The third-order valence-corrected chi connectivity index (χ3v) is 5.04. The second-order valence-corrected chi connectivity index (χ2v) is 7.80. The SMILES string of the molecule is CC(=O)c1ccc(-n2c(C)cn(C[C@H](O)COc3ccccc3C(C)C)c2=O)cc1. The number of ketones is 1. The fourth-order valence-electron chi connectivity index (χ4n) is 3.46. The molecule has 1 atom stereocenters. The van der Waals surface area contributed by atoms with Gasteiger partial charge in [0.2, 0.25) is 0 Å². The largest absolute Gasteiger partial charge is 0.491 e. The van der Waals surface area contributed by atoms with Gasteiger partial charge in [-0.1, -0.05) is 32.0 Å². The molecule has 0 bridgehead atoms. The summed E-state index contributed by atoms with van der Waals surface area (Å²) in [4.78, 5) is 24.3. The molecule has 6 heteroatoms. The van der Waals surface area contributed by atoms with Crippen molar-refractivity contribution >= 4 is 5.78 Å². The maximum atomic E-state index is 12.9. The highest BCUT2D eigenvalue weighted by molar-refractivity contribution is 5.94. The van der Waals surface area contributed by atoms with Gasteiger partial charge in [0.1, 0.15) is 18.5 Å². The van der Waals surface area contributed by atoms with Crippen LogP contribution >= 0.6 is 0 Å². The zero-order valence-electron chi connectivity index (χ0n) is 17.8. The van der Waals surface area contributed by atoms with E-state index in [0.717, 1.165) is 17.0 Å². The minimum Gasteiger partial charge on any atom is -0.491 e. The van der Waals surface area contributed by atoms with Crippen LogP contribution in [0.1, 0.15) is 48.3 Å². The summed E-state index contributed by atoms with van der Waals surface area (Å²) < 4.78 is 8.87. The monoisotopic (exact) mass is 408 g/mol. The van der Waals surface area contributed by atoms with Gasteiger partial charge in [-0.3, -0.25) is 13.9 Å². The molecular formula is C24H28N2O4. The van der Waals surface area contributed by atoms with E-state index in [1.807, 2.05) is 31.2 Å². The van der Waals surface area contributed by atoms with Gasteiger partial charge in [-0.05, 0) is 55.7 Å². The first kappa shape index (κ1) is 21.6. The molecule has 0 aliphatic rings. The van der Waals surface area contributed by atoms with E-state index >= 15 is 0 Å². The van der Waals surface area contributed by atoms with Crippen LogP contribution < -0.4 is 10.4 Å². The predicted octanol–water partition coefficient (Wildman–Crippen LogP) is 3.71. The van der Waals surface area contributed by atoms with Gasteiger partial charge in [-0.2, -0.15) is 0 Å². The fraction of sp³-hybridized carbons (Fsp3) is 0.333. The van der Waals surface area contributed by atoms with Crippen molar-refractivity contribution in [1.82, 2.24) is 9.13 Å². The third kappa shape index (κ3) is 4.71. The summed E-state index contributed by atoms with van der Waals surface area (Å²) in [7, 11) is 0. The molecule has 0 unspecified atom stereocenters. The number of benzene rings is 2. The van der Waals surface area contributed by atoms with Gasteiger partial charge in [0, 0.05) is 17.5 Å². The van der Waals surface area contributed by atoms with Gasteiger partial charge in [-0.25, -0.2) is 4.79 Å². The van der Waals surface area contributed by atoms with E-state index in [1.165, 1.54) is 11.5 Å². The zero-order valence-corrected chi connectivity index (χ0v) is 17.8. The number of aromatic nitrogens is 2. The average Bonchev–Trinajstić information content (AvgIpc) is 2.99. The van der Waals surface area contributed by atoms with Gasteiger partial charge in [-0.15, -0.1) is 0 Å². The number of hydrogen-bond donors (Lipinski definition) is 1. The Morgan fingerprint density at radius 3 is 2.40 bits per heavy atom. The van der Waals surface area contributed by atoms with Gasteiger partial charge < -0.3 is 9.84 Å². The molecule has 158 valence electrons. The Labute approximate surface area is 176 Å². The Bertz CT molecular complexity index is 1080. The lowest BCUT2D eigenvalue weighted by molar-refractivity contribution is 0.0910. The van der Waals surface area contributed by atoms with E-state index in [4.69, 9.17) is 4.74 Å². The summed E-state index contributed by atoms with van der Waals surface area (Å²) in [6.07, 6.45) is 0.880. The molecule has 0 amide bonds. The molecule has 30 heavy (non-hydrogen) atoms. The highest BCUT2D eigenvalue weighted by Crippen LogP contribution is 2.25. The van der Waals surface area contributed by atoms with Gasteiger partial charge >= 0.3 is 5.69 Å². The molecule has 0 aliphatic heterocycles. The van der Waals surface area contributed by atoms with Crippen molar-refractivity contribution in [2.24, 2.45) is 0 Å². The zero-order chi connectivity index (χ0) is 21.8. The predicted molar refractivity (Wildman–Crippen MR) is 117 cm³/mol. The third-order valence-electron chi connectivity index (χ3n) is 5.04. The first-order valence-corrected chi connectivity index (χ1v) is 10.1. The number of carbonyl (C=O) groups excluding carboxylic acids is 1. The second-order valence-electron chi connectivity index (χ2n) is 7.80. The number of aliphatic hydroxyl groups is 1. The first-order chi connectivity index (χ1) is 14.3. The van der Waals surface area contributed by atoms with Crippen LogP contribution in [0.5, 0.6) is 5.75 Å². The standard InChI is InChI=1S/C24H28N2O4/c1-16(2)22-7-5-6-8-23(22)30-15-21(28)14-25-13-17(3)26(24(25)29)20-11-9-19(10-12-20)18(4)27/h5-13,16,21,28H,14-15H2,1-4H3/t21-/m0/s1. The highest BCUT2D eigenvalue weighted by atomic mass is 16.5. The van der Waals surface area contributed by atoms with Crippen LogP contribution in [0.25, 0.3) is 5.69 Å². The van der Waals surface area contributed by atoms with Crippen molar-refractivity contribution in [2.75, 3.05) is 6.61 Å². The molecule has 0 spiro atoms. The Morgan fingerprint density at radius 2 is 1.77 bits per heavy atom. The molecule has 3 rings (SSSR count). The van der Waals surface area contributed by atoms with Crippen LogP contribution in [0.3, 0.4) is 0 Å². The van der Waals surface area contributed by atoms with Gasteiger partial charge in [0.15, 0.2) is 5.78 Å². The normalized spacial score (nSPS) is 12.2. The number of nitrogens with zero attached hydrogens (tertiary/aromatic N) is 2. The molecule has 2 aromatic carbocycles. The molecule has 0 saturated carbocycles. The molecule has 1 aromatic heterocycles. The summed E-state index contributed by atoms with van der Waals surface area (Å²) in [6.45, 7) is 7.74. The summed E-state index contributed by atoms with van der Waals surface area (Å²) in [6, 6.07) is 14.7. The Hall–Kier alpha value is -3.12. The lowest BCUT2D eigenvalue weighted by Gasteiger charge is -2.16. The van der Waals surface area contributed by atoms with Crippen LogP contribution in [-0.4, -0.2) is 32.7 Å². The van der Waals surface area contributed by atoms with Crippen LogP contribution in [0.2, 0.25) is 0 Å². The highest BCUT2D eigenvalue weighted by Gasteiger charge is 2.15. The summed E-state index contributed by atoms with van der Waals surface area (Å²) in [5.74, 6) is 1.04. The van der Waals surface area contributed by atoms with E-state index in [-0.39, 0.29) is 24.6 Å². The Kier molecular flexibility index (Phi) is 6.57.